The van der Waals surface area contributed by atoms with Crippen molar-refractivity contribution in [3.05, 3.63) is 53.6 Å². The van der Waals surface area contributed by atoms with E-state index >= 15 is 0 Å². The van der Waals surface area contributed by atoms with E-state index in [1.54, 1.807) is 18.3 Å². The molecule has 0 unspecified atom stereocenters. The summed E-state index contributed by atoms with van der Waals surface area (Å²) >= 11 is 1.44. The lowest BCUT2D eigenvalue weighted by Crippen LogP contribution is -1.94. The van der Waals surface area contributed by atoms with Crippen LogP contribution in [-0.4, -0.2) is 26.5 Å². The number of imidazole rings is 1. The van der Waals surface area contributed by atoms with Gasteiger partial charge in [-0.05, 0) is 25.1 Å². The van der Waals surface area contributed by atoms with Gasteiger partial charge in [0.25, 0.3) is 0 Å². The quantitative estimate of drug-likeness (QED) is 0.506. The van der Waals surface area contributed by atoms with Crippen molar-refractivity contribution in [3.63, 3.8) is 0 Å². The highest BCUT2D eigenvalue weighted by molar-refractivity contribution is 8.93. The molecule has 0 saturated carbocycles. The number of aromatic nitrogens is 4. The Bertz CT molecular complexity index is 1060. The molecular weight excluding hydrogens is 421 g/mol. The van der Waals surface area contributed by atoms with Gasteiger partial charge in [-0.2, -0.15) is 0 Å². The van der Waals surface area contributed by atoms with Gasteiger partial charge in [0.05, 0.1) is 18.5 Å². The van der Waals surface area contributed by atoms with Crippen LogP contribution in [0.5, 0.6) is 5.75 Å². The predicted molar refractivity (Wildman–Crippen MR) is 105 cm³/mol. The molecule has 0 aliphatic heterocycles. The molecule has 0 spiro atoms. The number of rotatable bonds is 4. The predicted octanol–water partition coefficient (Wildman–Crippen LogP) is 4.63. The molecule has 4 aromatic rings. The van der Waals surface area contributed by atoms with Gasteiger partial charge in [-0.1, -0.05) is 0 Å². The normalized spacial score (nSPS) is 10.6. The molecule has 4 rings (SSSR count). The maximum absolute atomic E-state index is 13.8. The fourth-order valence-electron chi connectivity index (χ4n) is 2.61. The van der Waals surface area contributed by atoms with Crippen molar-refractivity contribution >= 4 is 44.9 Å². The molecule has 0 atom stereocenters. The van der Waals surface area contributed by atoms with Crippen molar-refractivity contribution in [1.29, 1.82) is 0 Å². The summed E-state index contributed by atoms with van der Waals surface area (Å²) in [6.45, 7) is 1.93. The topological polar surface area (TPSA) is 64.3 Å². The standard InChI is InChI=1S/C17H14FN5OS.BrH/c1-10-15(23-7-3-6-19-16(23)20-10)13-9-25-17(22-13)21-11-4-5-14(24-2)12(18)8-11;/h3-9H,1-2H3,(H,21,22);1H. The van der Waals surface area contributed by atoms with Crippen molar-refractivity contribution in [2.45, 2.75) is 6.92 Å². The summed E-state index contributed by atoms with van der Waals surface area (Å²) in [7, 11) is 1.44. The Labute approximate surface area is 163 Å². The maximum Gasteiger partial charge on any atom is 0.234 e. The van der Waals surface area contributed by atoms with Crippen LogP contribution in [0, 0.1) is 12.7 Å². The Kier molecular flexibility index (Phi) is 5.19. The van der Waals surface area contributed by atoms with Gasteiger partial charge in [-0.25, -0.2) is 19.3 Å². The molecule has 1 N–H and O–H groups in total. The summed E-state index contributed by atoms with van der Waals surface area (Å²) in [6, 6.07) is 6.55. The third-order valence-corrected chi connectivity index (χ3v) is 4.49. The molecule has 0 aliphatic rings. The van der Waals surface area contributed by atoms with Crippen LogP contribution < -0.4 is 10.1 Å². The molecule has 6 nitrogen and oxygen atoms in total. The molecule has 0 aliphatic carbocycles. The van der Waals surface area contributed by atoms with Crippen LogP contribution in [-0.2, 0) is 0 Å². The van der Waals surface area contributed by atoms with E-state index in [1.807, 2.05) is 29.0 Å². The summed E-state index contributed by atoms with van der Waals surface area (Å²) in [5.74, 6) is 0.418. The molecule has 1 aromatic carbocycles. The van der Waals surface area contributed by atoms with Crippen molar-refractivity contribution in [3.8, 4) is 17.1 Å². The number of benzene rings is 1. The summed E-state index contributed by atoms with van der Waals surface area (Å²) in [6.07, 6.45) is 3.61. The summed E-state index contributed by atoms with van der Waals surface area (Å²) < 4.78 is 20.6. The van der Waals surface area contributed by atoms with Gasteiger partial charge in [0.15, 0.2) is 16.7 Å². The monoisotopic (exact) mass is 435 g/mol. The Morgan fingerprint density at radius 1 is 1.27 bits per heavy atom. The highest BCUT2D eigenvalue weighted by atomic mass is 79.9. The van der Waals surface area contributed by atoms with Gasteiger partial charge in [0, 0.05) is 29.5 Å². The fourth-order valence-corrected chi connectivity index (χ4v) is 3.33. The second-order valence-electron chi connectivity index (χ2n) is 5.35. The summed E-state index contributed by atoms with van der Waals surface area (Å²) in [4.78, 5) is 13.3. The van der Waals surface area contributed by atoms with Crippen LogP contribution in [0.4, 0.5) is 15.2 Å². The first-order valence-electron chi connectivity index (χ1n) is 7.52. The van der Waals surface area contributed by atoms with Gasteiger partial charge in [0.2, 0.25) is 5.78 Å². The molecule has 9 heteroatoms. The molecule has 26 heavy (non-hydrogen) atoms. The molecule has 0 bridgehead atoms. The van der Waals surface area contributed by atoms with Crippen molar-refractivity contribution in [2.24, 2.45) is 0 Å². The number of ether oxygens (including phenoxy) is 1. The lowest BCUT2D eigenvalue weighted by Gasteiger charge is -2.05. The fraction of sp³-hybridized carbons (Fsp3) is 0.118. The van der Waals surface area contributed by atoms with Gasteiger partial charge < -0.3 is 10.1 Å². The number of nitrogens with one attached hydrogen (secondary N) is 1. The number of hydrogen-bond donors (Lipinski definition) is 1. The molecule has 0 fully saturated rings. The minimum Gasteiger partial charge on any atom is -0.494 e. The molecule has 0 radical (unpaired) electrons. The van der Waals surface area contributed by atoms with Gasteiger partial charge in [-0.15, -0.1) is 28.3 Å². The minimum atomic E-state index is -0.423. The number of anilines is 2. The number of methoxy groups -OCH3 is 1. The first kappa shape index (κ1) is 18.3. The molecule has 3 aromatic heterocycles. The average molecular weight is 436 g/mol. The molecule has 3 heterocycles. The summed E-state index contributed by atoms with van der Waals surface area (Å²) in [5, 5.41) is 5.71. The number of hydrogen-bond acceptors (Lipinski definition) is 6. The zero-order valence-electron chi connectivity index (χ0n) is 13.9. The highest BCUT2D eigenvalue weighted by Gasteiger charge is 2.15. The Morgan fingerprint density at radius 2 is 2.12 bits per heavy atom. The van der Waals surface area contributed by atoms with Crippen LogP contribution in [0.15, 0.2) is 42.0 Å². The third-order valence-electron chi connectivity index (χ3n) is 3.73. The lowest BCUT2D eigenvalue weighted by atomic mass is 10.3. The zero-order valence-corrected chi connectivity index (χ0v) is 16.5. The Hall–Kier alpha value is -2.52. The lowest BCUT2D eigenvalue weighted by molar-refractivity contribution is 0.386. The third kappa shape index (κ3) is 3.27. The van der Waals surface area contributed by atoms with E-state index in [0.717, 1.165) is 17.1 Å². The van der Waals surface area contributed by atoms with E-state index in [9.17, 15) is 4.39 Å². The van der Waals surface area contributed by atoms with E-state index in [4.69, 9.17) is 4.74 Å². The van der Waals surface area contributed by atoms with E-state index in [-0.39, 0.29) is 22.7 Å². The first-order chi connectivity index (χ1) is 12.2. The maximum atomic E-state index is 13.8. The first-order valence-corrected chi connectivity index (χ1v) is 8.40. The van der Waals surface area contributed by atoms with Crippen LogP contribution >= 0.6 is 28.3 Å². The second kappa shape index (κ2) is 7.38. The van der Waals surface area contributed by atoms with E-state index in [1.165, 1.54) is 24.5 Å². The number of fused-ring (bicyclic) bond motifs is 1. The van der Waals surface area contributed by atoms with E-state index in [2.05, 4.69) is 20.3 Å². The zero-order chi connectivity index (χ0) is 17.4. The van der Waals surface area contributed by atoms with Gasteiger partial charge in [0.1, 0.15) is 5.69 Å². The Balaban J connectivity index is 0.00000196. The van der Waals surface area contributed by atoms with Crippen LogP contribution in [0.3, 0.4) is 0 Å². The molecule has 134 valence electrons. The van der Waals surface area contributed by atoms with E-state index in [0.29, 0.717) is 16.6 Å². The minimum absolute atomic E-state index is 0. The number of thiazole rings is 1. The largest absolute Gasteiger partial charge is 0.494 e. The molecule has 0 saturated heterocycles. The van der Waals surface area contributed by atoms with Crippen molar-refractivity contribution in [1.82, 2.24) is 19.4 Å². The average Bonchev–Trinajstić information content (AvgIpc) is 3.18. The Morgan fingerprint density at radius 3 is 2.88 bits per heavy atom. The number of halogens is 2. The summed E-state index contributed by atoms with van der Waals surface area (Å²) in [5.41, 5.74) is 3.15. The SMILES string of the molecule is Br.COc1ccc(Nc2nc(-c3c(C)nc4ncccn34)cs2)cc1F. The molecular formula is C17H15BrFN5OS. The van der Waals surface area contributed by atoms with Crippen LogP contribution in [0.2, 0.25) is 0 Å². The van der Waals surface area contributed by atoms with Crippen LogP contribution in [0.25, 0.3) is 17.2 Å². The van der Waals surface area contributed by atoms with Crippen molar-refractivity contribution in [2.75, 3.05) is 12.4 Å². The smallest absolute Gasteiger partial charge is 0.234 e. The number of nitrogens with zero attached hydrogens (tertiary/aromatic N) is 4. The highest BCUT2D eigenvalue weighted by Crippen LogP contribution is 2.30. The second-order valence-corrected chi connectivity index (χ2v) is 6.21. The van der Waals surface area contributed by atoms with Gasteiger partial charge in [-0.3, -0.25) is 4.40 Å². The molecule has 0 amide bonds. The number of aryl methyl sites for hydroxylation is 1. The van der Waals surface area contributed by atoms with Gasteiger partial charge >= 0.3 is 0 Å². The van der Waals surface area contributed by atoms with Crippen LogP contribution in [0.1, 0.15) is 5.69 Å². The van der Waals surface area contributed by atoms with E-state index < -0.39 is 5.82 Å². The van der Waals surface area contributed by atoms with Crippen molar-refractivity contribution < 1.29 is 9.13 Å².